The monoisotopic (exact) mass is 562 g/mol. The first kappa shape index (κ1) is 27.0. The number of pyridine rings is 1. The summed E-state index contributed by atoms with van der Waals surface area (Å²) in [5, 5.41) is 11.1. The molecular weight excluding hydrogens is 540 g/mol. The Morgan fingerprint density at radius 1 is 0.825 bits per heavy atom. The highest BCUT2D eigenvalue weighted by Crippen LogP contribution is 2.34. The number of esters is 1. The minimum atomic E-state index is -0.452. The Balaban J connectivity index is 1.30. The van der Waals surface area contributed by atoms with E-state index in [1.807, 2.05) is 78.9 Å². The molecule has 5 nitrogen and oxygen atoms in total. The fourth-order valence-electron chi connectivity index (χ4n) is 3.98. The van der Waals surface area contributed by atoms with Crippen LogP contribution in [0.15, 0.2) is 120 Å². The van der Waals surface area contributed by atoms with Crippen LogP contribution in [0.25, 0.3) is 22.4 Å². The zero-order valence-corrected chi connectivity index (χ0v) is 22.9. The first-order chi connectivity index (χ1) is 19.6. The van der Waals surface area contributed by atoms with Crippen molar-refractivity contribution in [2.45, 2.75) is 11.6 Å². The summed E-state index contributed by atoms with van der Waals surface area (Å²) in [5.74, 6) is 0.609. The number of rotatable bonds is 9. The van der Waals surface area contributed by atoms with E-state index in [1.165, 1.54) is 11.8 Å². The molecule has 0 aliphatic heterocycles. The van der Waals surface area contributed by atoms with Crippen LogP contribution in [0.3, 0.4) is 0 Å². The number of ether oxygens (including phenoxy) is 2. The molecular formula is C33H23ClN2O3S. The minimum absolute atomic E-state index is 0.0216. The molecule has 1 heterocycles. The molecule has 0 fully saturated rings. The van der Waals surface area contributed by atoms with Crippen molar-refractivity contribution >= 4 is 29.3 Å². The smallest absolute Gasteiger partial charge is 0.321 e. The molecule has 0 amide bonds. The number of aromatic nitrogens is 1. The Hall–Kier alpha value is -4.57. The second-order valence-corrected chi connectivity index (χ2v) is 10.1. The number of carbonyl (C=O) groups excluding carboxylic acids is 1. The average Bonchev–Trinajstić information content (AvgIpc) is 3.00. The first-order valence-corrected chi connectivity index (χ1v) is 13.8. The molecule has 196 valence electrons. The van der Waals surface area contributed by atoms with Gasteiger partial charge in [-0.3, -0.25) is 4.79 Å². The fraction of sp³-hybridized carbons (Fsp3) is 0.0606. The number of nitriles is 1. The van der Waals surface area contributed by atoms with E-state index in [-0.39, 0.29) is 5.75 Å². The maximum atomic E-state index is 12.7. The van der Waals surface area contributed by atoms with Crippen LogP contribution in [0.4, 0.5) is 0 Å². The second-order valence-electron chi connectivity index (χ2n) is 8.73. The average molecular weight is 563 g/mol. The molecule has 5 rings (SSSR count). The van der Waals surface area contributed by atoms with Crippen LogP contribution in [-0.2, 0) is 11.4 Å². The Morgan fingerprint density at radius 3 is 2.15 bits per heavy atom. The van der Waals surface area contributed by atoms with Gasteiger partial charge in [-0.05, 0) is 53.6 Å². The van der Waals surface area contributed by atoms with E-state index >= 15 is 0 Å². The van der Waals surface area contributed by atoms with Crippen molar-refractivity contribution in [1.82, 2.24) is 4.98 Å². The van der Waals surface area contributed by atoms with Crippen LogP contribution in [0.2, 0.25) is 5.02 Å². The van der Waals surface area contributed by atoms with Crippen LogP contribution < -0.4 is 9.47 Å². The van der Waals surface area contributed by atoms with Gasteiger partial charge >= 0.3 is 5.97 Å². The minimum Gasteiger partial charge on any atom is -0.489 e. The van der Waals surface area contributed by atoms with Crippen molar-refractivity contribution in [3.63, 3.8) is 0 Å². The van der Waals surface area contributed by atoms with E-state index < -0.39 is 5.97 Å². The van der Waals surface area contributed by atoms with Crippen LogP contribution in [0, 0.1) is 11.3 Å². The molecule has 0 unspecified atom stereocenters. The molecule has 0 saturated heterocycles. The number of benzene rings is 4. The quantitative estimate of drug-likeness (QED) is 0.102. The Morgan fingerprint density at radius 2 is 1.48 bits per heavy atom. The van der Waals surface area contributed by atoms with Crippen LogP contribution in [0.5, 0.6) is 11.5 Å². The Bertz CT molecular complexity index is 1640. The predicted octanol–water partition coefficient (Wildman–Crippen LogP) is 8.22. The number of carbonyl (C=O) groups is 1. The number of hydrogen-bond donors (Lipinski definition) is 0. The normalized spacial score (nSPS) is 10.5. The highest BCUT2D eigenvalue weighted by Gasteiger charge is 2.18. The lowest BCUT2D eigenvalue weighted by molar-refractivity contribution is -0.131. The van der Waals surface area contributed by atoms with E-state index in [4.69, 9.17) is 26.1 Å². The van der Waals surface area contributed by atoms with Gasteiger partial charge in [0.1, 0.15) is 29.2 Å². The van der Waals surface area contributed by atoms with Crippen molar-refractivity contribution < 1.29 is 14.3 Å². The van der Waals surface area contributed by atoms with Gasteiger partial charge in [-0.2, -0.15) is 5.26 Å². The molecule has 0 spiro atoms. The molecule has 5 aromatic rings. The summed E-state index contributed by atoms with van der Waals surface area (Å²) in [4.78, 5) is 17.5. The number of hydrogen-bond acceptors (Lipinski definition) is 6. The fourth-order valence-corrected chi connectivity index (χ4v) is 4.88. The maximum Gasteiger partial charge on any atom is 0.321 e. The van der Waals surface area contributed by atoms with Gasteiger partial charge in [-0.15, -0.1) is 0 Å². The van der Waals surface area contributed by atoms with Gasteiger partial charge in [-0.1, -0.05) is 96.2 Å². The van der Waals surface area contributed by atoms with Gasteiger partial charge < -0.3 is 9.47 Å². The SMILES string of the molecule is N#Cc1c(-c2ccccc2)cc(-c2ccc(Cl)cc2)nc1SCC(=O)Oc1ccc(OCc2ccccc2)cc1. The van der Waals surface area contributed by atoms with Gasteiger partial charge in [-0.25, -0.2) is 4.98 Å². The van der Waals surface area contributed by atoms with Crippen molar-refractivity contribution in [3.8, 4) is 40.0 Å². The van der Waals surface area contributed by atoms with Gasteiger partial charge in [0.25, 0.3) is 0 Å². The molecule has 0 bridgehead atoms. The molecule has 40 heavy (non-hydrogen) atoms. The van der Waals surface area contributed by atoms with Gasteiger partial charge in [0, 0.05) is 16.1 Å². The molecule has 0 radical (unpaired) electrons. The second kappa shape index (κ2) is 13.0. The predicted molar refractivity (Wildman–Crippen MR) is 158 cm³/mol. The third kappa shape index (κ3) is 6.89. The molecule has 0 saturated carbocycles. The summed E-state index contributed by atoms with van der Waals surface area (Å²) in [7, 11) is 0. The van der Waals surface area contributed by atoms with Crippen molar-refractivity contribution in [1.29, 1.82) is 5.26 Å². The lowest BCUT2D eigenvalue weighted by Gasteiger charge is -2.13. The first-order valence-electron chi connectivity index (χ1n) is 12.5. The Kier molecular flexibility index (Phi) is 8.77. The van der Waals surface area contributed by atoms with Crippen LogP contribution >= 0.6 is 23.4 Å². The molecule has 0 aliphatic carbocycles. The summed E-state index contributed by atoms with van der Waals surface area (Å²) in [5.41, 5.74) is 4.62. The lowest BCUT2D eigenvalue weighted by atomic mass is 9.99. The topological polar surface area (TPSA) is 72.2 Å². The van der Waals surface area contributed by atoms with E-state index in [0.29, 0.717) is 39.4 Å². The molecule has 0 aliphatic rings. The zero-order chi connectivity index (χ0) is 27.7. The largest absolute Gasteiger partial charge is 0.489 e. The standard InChI is InChI=1S/C33H23ClN2O3S/c34-26-13-11-25(12-14-26)31-19-29(24-9-5-2-6-10-24)30(20-35)33(36-31)40-22-32(37)39-28-17-15-27(16-18-28)38-21-23-7-3-1-4-8-23/h1-19H,21-22H2. The summed E-state index contributed by atoms with van der Waals surface area (Å²) in [6, 6.07) is 37.9. The third-order valence-corrected chi connectivity index (χ3v) is 7.15. The summed E-state index contributed by atoms with van der Waals surface area (Å²) in [6.45, 7) is 0.449. The van der Waals surface area contributed by atoms with Crippen LogP contribution in [0.1, 0.15) is 11.1 Å². The Labute approximate surface area is 242 Å². The van der Waals surface area contributed by atoms with Gasteiger partial charge in [0.15, 0.2) is 0 Å². The molecule has 7 heteroatoms. The zero-order valence-electron chi connectivity index (χ0n) is 21.3. The molecule has 0 N–H and O–H groups in total. The summed E-state index contributed by atoms with van der Waals surface area (Å²) >= 11 is 7.25. The van der Waals surface area contributed by atoms with E-state index in [1.54, 1.807) is 36.4 Å². The highest BCUT2D eigenvalue weighted by molar-refractivity contribution is 7.99. The van der Waals surface area contributed by atoms with Crippen molar-refractivity contribution in [2.75, 3.05) is 5.75 Å². The number of nitrogens with zero attached hydrogens (tertiary/aromatic N) is 2. The summed E-state index contributed by atoms with van der Waals surface area (Å²) < 4.78 is 11.3. The third-order valence-electron chi connectivity index (χ3n) is 5.95. The maximum absolute atomic E-state index is 12.7. The number of halogens is 1. The van der Waals surface area contributed by atoms with Crippen molar-refractivity contribution in [2.24, 2.45) is 0 Å². The molecule has 4 aromatic carbocycles. The van der Waals surface area contributed by atoms with Crippen molar-refractivity contribution in [3.05, 3.63) is 131 Å². The summed E-state index contributed by atoms with van der Waals surface area (Å²) in [6.07, 6.45) is 0. The lowest BCUT2D eigenvalue weighted by Crippen LogP contribution is -2.11. The highest BCUT2D eigenvalue weighted by atomic mass is 35.5. The van der Waals surface area contributed by atoms with E-state index in [2.05, 4.69) is 6.07 Å². The number of thioether (sulfide) groups is 1. The van der Waals surface area contributed by atoms with E-state index in [9.17, 15) is 10.1 Å². The van der Waals surface area contributed by atoms with Gasteiger partial charge in [0.05, 0.1) is 17.0 Å². The molecule has 0 atom stereocenters. The van der Waals surface area contributed by atoms with Gasteiger partial charge in [0.2, 0.25) is 0 Å². The van der Waals surface area contributed by atoms with E-state index in [0.717, 1.165) is 22.3 Å². The molecule has 1 aromatic heterocycles. The van der Waals surface area contributed by atoms with Crippen LogP contribution in [-0.4, -0.2) is 16.7 Å².